The lowest BCUT2D eigenvalue weighted by Crippen LogP contribution is -2.15. The number of benzene rings is 1. The summed E-state index contributed by atoms with van der Waals surface area (Å²) in [6.07, 6.45) is 2.16. The quantitative estimate of drug-likeness (QED) is 0.796. The molecule has 0 aliphatic heterocycles. The van der Waals surface area contributed by atoms with Gasteiger partial charge in [0.1, 0.15) is 11.5 Å². The van der Waals surface area contributed by atoms with Gasteiger partial charge in [0, 0.05) is 5.56 Å². The van der Waals surface area contributed by atoms with Gasteiger partial charge in [0.2, 0.25) is 0 Å². The maximum Gasteiger partial charge on any atom is 0.124 e. The molecule has 1 unspecified atom stereocenters. The van der Waals surface area contributed by atoms with Crippen molar-refractivity contribution in [2.75, 3.05) is 21.3 Å². The molecule has 17 heavy (non-hydrogen) atoms. The average Bonchev–Trinajstić information content (AvgIpc) is 2.34. The van der Waals surface area contributed by atoms with Gasteiger partial charge < -0.3 is 14.8 Å². The first-order chi connectivity index (χ1) is 8.12. The largest absolute Gasteiger partial charge is 0.497 e. The number of methoxy groups -OCH3 is 2. The molecular weight excluding hydrogens is 214 g/mol. The van der Waals surface area contributed by atoms with Gasteiger partial charge in [-0.05, 0) is 39.1 Å². The third-order valence-electron chi connectivity index (χ3n) is 2.58. The van der Waals surface area contributed by atoms with Crippen molar-refractivity contribution in [2.24, 2.45) is 0 Å². The van der Waals surface area contributed by atoms with Crippen LogP contribution >= 0.6 is 0 Å². The van der Waals surface area contributed by atoms with E-state index in [9.17, 15) is 0 Å². The van der Waals surface area contributed by atoms with E-state index in [1.807, 2.05) is 25.2 Å². The summed E-state index contributed by atoms with van der Waals surface area (Å²) in [4.78, 5) is 0. The van der Waals surface area contributed by atoms with Gasteiger partial charge >= 0.3 is 0 Å². The fraction of sp³-hybridized carbons (Fsp3) is 0.429. The minimum absolute atomic E-state index is 0.130. The Bertz CT molecular complexity index is 395. The standard InChI is InChI=1S/C14H21NO2/c1-10(2)8-13(15-3)12-9-11(16-4)6-7-14(12)17-5/h6-9,13,15H,1-5H3. The van der Waals surface area contributed by atoms with Crippen LogP contribution < -0.4 is 14.8 Å². The molecule has 0 fully saturated rings. The van der Waals surface area contributed by atoms with E-state index >= 15 is 0 Å². The molecule has 0 spiro atoms. The SMILES string of the molecule is CNC(C=C(C)C)c1cc(OC)ccc1OC. The van der Waals surface area contributed by atoms with Crippen molar-refractivity contribution in [2.45, 2.75) is 19.9 Å². The highest BCUT2D eigenvalue weighted by Crippen LogP contribution is 2.30. The van der Waals surface area contributed by atoms with E-state index < -0.39 is 0 Å². The fourth-order valence-electron chi connectivity index (χ4n) is 1.74. The molecule has 0 heterocycles. The topological polar surface area (TPSA) is 30.5 Å². The molecule has 3 nitrogen and oxygen atoms in total. The second-order valence-corrected chi connectivity index (χ2v) is 4.12. The number of hydrogen-bond acceptors (Lipinski definition) is 3. The van der Waals surface area contributed by atoms with Crippen molar-refractivity contribution < 1.29 is 9.47 Å². The summed E-state index contributed by atoms with van der Waals surface area (Å²) in [6.45, 7) is 4.16. The first kappa shape index (κ1) is 13.6. The Labute approximate surface area is 103 Å². The first-order valence-electron chi connectivity index (χ1n) is 5.66. The Hall–Kier alpha value is -1.48. The van der Waals surface area contributed by atoms with Gasteiger partial charge in [-0.2, -0.15) is 0 Å². The van der Waals surface area contributed by atoms with Crippen LogP contribution in [0.25, 0.3) is 0 Å². The molecule has 0 radical (unpaired) electrons. The molecule has 0 bridgehead atoms. The molecule has 0 amide bonds. The zero-order valence-corrected chi connectivity index (χ0v) is 11.2. The van der Waals surface area contributed by atoms with E-state index in [0.29, 0.717) is 0 Å². The van der Waals surface area contributed by atoms with Crippen LogP contribution in [0.5, 0.6) is 11.5 Å². The van der Waals surface area contributed by atoms with Gasteiger partial charge in [-0.1, -0.05) is 11.6 Å². The Morgan fingerprint density at radius 3 is 2.41 bits per heavy atom. The van der Waals surface area contributed by atoms with E-state index in [2.05, 4.69) is 25.2 Å². The van der Waals surface area contributed by atoms with Crippen LogP contribution in [-0.2, 0) is 0 Å². The summed E-state index contributed by atoms with van der Waals surface area (Å²) >= 11 is 0. The third-order valence-corrected chi connectivity index (χ3v) is 2.58. The van der Waals surface area contributed by atoms with Crippen molar-refractivity contribution >= 4 is 0 Å². The second kappa shape index (κ2) is 6.30. The van der Waals surface area contributed by atoms with Crippen LogP contribution in [0.3, 0.4) is 0 Å². The number of likely N-dealkylation sites (N-methyl/N-ethyl adjacent to an activating group) is 1. The number of hydrogen-bond donors (Lipinski definition) is 1. The Morgan fingerprint density at radius 2 is 1.94 bits per heavy atom. The van der Waals surface area contributed by atoms with Crippen molar-refractivity contribution in [1.82, 2.24) is 5.32 Å². The molecule has 1 aromatic rings. The maximum absolute atomic E-state index is 5.38. The lowest BCUT2D eigenvalue weighted by atomic mass is 10.0. The average molecular weight is 235 g/mol. The van der Waals surface area contributed by atoms with Gasteiger partial charge in [-0.15, -0.1) is 0 Å². The van der Waals surface area contributed by atoms with Crippen LogP contribution in [0.15, 0.2) is 29.8 Å². The Morgan fingerprint density at radius 1 is 1.24 bits per heavy atom. The monoisotopic (exact) mass is 235 g/mol. The molecule has 1 aromatic carbocycles. The molecule has 1 N–H and O–H groups in total. The molecule has 0 aliphatic carbocycles. The summed E-state index contributed by atoms with van der Waals surface area (Å²) in [5.41, 5.74) is 2.34. The molecule has 94 valence electrons. The van der Waals surface area contributed by atoms with Crippen LogP contribution in [0.2, 0.25) is 0 Å². The van der Waals surface area contributed by atoms with Crippen LogP contribution in [0.4, 0.5) is 0 Å². The van der Waals surface area contributed by atoms with Gasteiger partial charge in [-0.25, -0.2) is 0 Å². The number of allylic oxidation sites excluding steroid dienone is 1. The zero-order valence-electron chi connectivity index (χ0n) is 11.2. The summed E-state index contributed by atoms with van der Waals surface area (Å²) in [5.74, 6) is 1.70. The van der Waals surface area contributed by atoms with Crippen molar-refractivity contribution in [3.05, 3.63) is 35.4 Å². The molecule has 0 saturated carbocycles. The van der Waals surface area contributed by atoms with Gasteiger partial charge in [-0.3, -0.25) is 0 Å². The summed E-state index contributed by atoms with van der Waals surface area (Å²) in [7, 11) is 5.28. The van der Waals surface area contributed by atoms with Crippen molar-refractivity contribution in [3.8, 4) is 11.5 Å². The predicted molar refractivity (Wildman–Crippen MR) is 70.8 cm³/mol. The zero-order chi connectivity index (χ0) is 12.8. The summed E-state index contributed by atoms with van der Waals surface area (Å²) in [5, 5.41) is 3.26. The molecule has 1 rings (SSSR count). The van der Waals surface area contributed by atoms with E-state index in [-0.39, 0.29) is 6.04 Å². The highest BCUT2D eigenvalue weighted by molar-refractivity contribution is 5.44. The normalized spacial score (nSPS) is 11.8. The van der Waals surface area contributed by atoms with Crippen LogP contribution in [-0.4, -0.2) is 21.3 Å². The molecule has 3 heteroatoms. The summed E-state index contributed by atoms with van der Waals surface area (Å²) < 4.78 is 10.6. The smallest absolute Gasteiger partial charge is 0.124 e. The summed E-state index contributed by atoms with van der Waals surface area (Å²) in [6, 6.07) is 5.96. The lowest BCUT2D eigenvalue weighted by molar-refractivity contribution is 0.395. The number of ether oxygens (including phenoxy) is 2. The highest BCUT2D eigenvalue weighted by Gasteiger charge is 2.13. The Balaban J connectivity index is 3.19. The van der Waals surface area contributed by atoms with E-state index in [0.717, 1.165) is 17.1 Å². The van der Waals surface area contributed by atoms with Gasteiger partial charge in [0.25, 0.3) is 0 Å². The van der Waals surface area contributed by atoms with Crippen molar-refractivity contribution in [1.29, 1.82) is 0 Å². The van der Waals surface area contributed by atoms with E-state index in [1.165, 1.54) is 5.57 Å². The third kappa shape index (κ3) is 3.49. The molecule has 0 aromatic heterocycles. The fourth-order valence-corrected chi connectivity index (χ4v) is 1.74. The van der Waals surface area contributed by atoms with E-state index in [1.54, 1.807) is 14.2 Å². The second-order valence-electron chi connectivity index (χ2n) is 4.12. The molecule has 0 aliphatic rings. The molecular formula is C14H21NO2. The molecule has 0 saturated heterocycles. The van der Waals surface area contributed by atoms with Gasteiger partial charge in [0.15, 0.2) is 0 Å². The minimum Gasteiger partial charge on any atom is -0.497 e. The van der Waals surface area contributed by atoms with Crippen LogP contribution in [0, 0.1) is 0 Å². The van der Waals surface area contributed by atoms with Crippen LogP contribution in [0.1, 0.15) is 25.5 Å². The van der Waals surface area contributed by atoms with E-state index in [4.69, 9.17) is 9.47 Å². The minimum atomic E-state index is 0.130. The predicted octanol–water partition coefficient (Wildman–Crippen LogP) is 2.93. The number of nitrogens with one attached hydrogen (secondary N) is 1. The maximum atomic E-state index is 5.38. The number of rotatable bonds is 5. The lowest BCUT2D eigenvalue weighted by Gasteiger charge is -2.17. The molecule has 1 atom stereocenters. The highest BCUT2D eigenvalue weighted by atomic mass is 16.5. The van der Waals surface area contributed by atoms with Gasteiger partial charge in [0.05, 0.1) is 20.3 Å². The Kier molecular flexibility index (Phi) is 5.04. The first-order valence-corrected chi connectivity index (χ1v) is 5.66. The van der Waals surface area contributed by atoms with Crippen molar-refractivity contribution in [3.63, 3.8) is 0 Å².